The summed E-state index contributed by atoms with van der Waals surface area (Å²) in [6, 6.07) is 7.91. The van der Waals surface area contributed by atoms with Crippen molar-refractivity contribution in [2.75, 3.05) is 0 Å². The summed E-state index contributed by atoms with van der Waals surface area (Å²) in [7, 11) is 0. The highest BCUT2D eigenvalue weighted by Crippen LogP contribution is 2.30. The van der Waals surface area contributed by atoms with Gasteiger partial charge in [-0.05, 0) is 17.9 Å². The number of hydrogen-bond acceptors (Lipinski definition) is 1. The van der Waals surface area contributed by atoms with Crippen molar-refractivity contribution in [2.24, 2.45) is 5.92 Å². The Hall–Kier alpha value is -1.11. The van der Waals surface area contributed by atoms with Crippen molar-refractivity contribution < 1.29 is 4.79 Å². The lowest BCUT2D eigenvalue weighted by molar-refractivity contribution is 0.112. The lowest BCUT2D eigenvalue weighted by Crippen LogP contribution is -2.14. The predicted octanol–water partition coefficient (Wildman–Crippen LogP) is 2.84. The van der Waals surface area contributed by atoms with Gasteiger partial charge in [-0.3, -0.25) is 4.79 Å². The first-order valence-electron chi connectivity index (χ1n) is 4.93. The maximum absolute atomic E-state index is 10.7. The van der Waals surface area contributed by atoms with Crippen LogP contribution in [0.3, 0.4) is 0 Å². The molecule has 1 aliphatic rings. The van der Waals surface area contributed by atoms with E-state index >= 15 is 0 Å². The Morgan fingerprint density at radius 2 is 2.08 bits per heavy atom. The van der Waals surface area contributed by atoms with Gasteiger partial charge in [0.25, 0.3) is 0 Å². The molecule has 0 aliphatic heterocycles. The van der Waals surface area contributed by atoms with Gasteiger partial charge in [-0.25, -0.2) is 0 Å². The highest BCUT2D eigenvalue weighted by Gasteiger charge is 2.18. The largest absolute Gasteiger partial charge is 0.298 e. The fourth-order valence-corrected chi connectivity index (χ4v) is 1.84. The Bertz CT molecular complexity index is 300. The van der Waals surface area contributed by atoms with E-state index in [2.05, 4.69) is 6.07 Å². The topological polar surface area (TPSA) is 17.1 Å². The fourth-order valence-electron chi connectivity index (χ4n) is 1.84. The van der Waals surface area contributed by atoms with Crippen LogP contribution in [-0.2, 0) is 6.42 Å². The third-order valence-corrected chi connectivity index (χ3v) is 2.92. The van der Waals surface area contributed by atoms with Crippen molar-refractivity contribution in [3.8, 4) is 0 Å². The van der Waals surface area contributed by atoms with E-state index in [9.17, 15) is 4.79 Å². The minimum Gasteiger partial charge on any atom is -0.298 e. The molecule has 2 rings (SSSR count). The van der Waals surface area contributed by atoms with Crippen LogP contribution in [0.1, 0.15) is 35.2 Å². The lowest BCUT2D eigenvalue weighted by Gasteiger charge is -2.25. The van der Waals surface area contributed by atoms with Crippen molar-refractivity contribution in [1.29, 1.82) is 0 Å². The van der Waals surface area contributed by atoms with Crippen LogP contribution >= 0.6 is 0 Å². The molecule has 1 saturated carbocycles. The number of aldehydes is 1. The van der Waals surface area contributed by atoms with Crippen LogP contribution in [-0.4, -0.2) is 6.29 Å². The molecule has 0 heterocycles. The van der Waals surface area contributed by atoms with Crippen molar-refractivity contribution in [2.45, 2.75) is 25.7 Å². The molecule has 1 aliphatic carbocycles. The van der Waals surface area contributed by atoms with E-state index in [-0.39, 0.29) is 0 Å². The summed E-state index contributed by atoms with van der Waals surface area (Å²) in [6.07, 6.45) is 6.11. The van der Waals surface area contributed by atoms with Gasteiger partial charge in [0, 0.05) is 5.56 Å². The summed E-state index contributed by atoms with van der Waals surface area (Å²) in [5, 5.41) is 0. The molecule has 0 spiro atoms. The summed E-state index contributed by atoms with van der Waals surface area (Å²) in [6.45, 7) is 0. The van der Waals surface area contributed by atoms with Crippen LogP contribution in [0.15, 0.2) is 24.3 Å². The van der Waals surface area contributed by atoms with E-state index in [1.807, 2.05) is 18.2 Å². The van der Waals surface area contributed by atoms with Gasteiger partial charge in [0.05, 0.1) is 0 Å². The second-order valence-electron chi connectivity index (χ2n) is 3.82. The summed E-state index contributed by atoms with van der Waals surface area (Å²) >= 11 is 0. The molecule has 1 aromatic carbocycles. The molecule has 68 valence electrons. The molecule has 0 N–H and O–H groups in total. The summed E-state index contributed by atoms with van der Waals surface area (Å²) < 4.78 is 0. The zero-order valence-electron chi connectivity index (χ0n) is 7.70. The number of carbonyl (C=O) groups is 1. The first-order valence-corrected chi connectivity index (χ1v) is 4.93. The standard InChI is InChI=1S/C12H14O/c13-9-12-7-2-1-6-11(12)8-10-4-3-5-10/h1-2,6-7,9-10H,3-5,8H2. The van der Waals surface area contributed by atoms with E-state index in [1.54, 1.807) is 0 Å². The second kappa shape index (κ2) is 3.73. The normalized spacial score (nSPS) is 16.6. The number of rotatable bonds is 3. The molecule has 0 saturated heterocycles. The average molecular weight is 174 g/mol. The molecule has 0 aromatic heterocycles. The highest BCUT2D eigenvalue weighted by molar-refractivity contribution is 5.77. The summed E-state index contributed by atoms with van der Waals surface area (Å²) in [5.74, 6) is 0.834. The minimum absolute atomic E-state index is 0.834. The van der Waals surface area contributed by atoms with E-state index in [0.717, 1.165) is 24.2 Å². The smallest absolute Gasteiger partial charge is 0.150 e. The van der Waals surface area contributed by atoms with Crippen LogP contribution in [0.4, 0.5) is 0 Å². The van der Waals surface area contributed by atoms with E-state index < -0.39 is 0 Å². The third-order valence-electron chi connectivity index (χ3n) is 2.92. The van der Waals surface area contributed by atoms with Gasteiger partial charge < -0.3 is 0 Å². The number of hydrogen-bond donors (Lipinski definition) is 0. The number of benzene rings is 1. The second-order valence-corrected chi connectivity index (χ2v) is 3.82. The van der Waals surface area contributed by atoms with Gasteiger partial charge >= 0.3 is 0 Å². The van der Waals surface area contributed by atoms with Crippen LogP contribution in [0.25, 0.3) is 0 Å². The molecular formula is C12H14O. The lowest BCUT2D eigenvalue weighted by atomic mass is 9.80. The molecule has 1 heteroatoms. The molecular weight excluding hydrogens is 160 g/mol. The Labute approximate surface area is 78.8 Å². The highest BCUT2D eigenvalue weighted by atomic mass is 16.1. The predicted molar refractivity (Wildman–Crippen MR) is 52.9 cm³/mol. The van der Waals surface area contributed by atoms with Gasteiger partial charge in [0.2, 0.25) is 0 Å². The van der Waals surface area contributed by atoms with Crippen molar-refractivity contribution in [3.05, 3.63) is 35.4 Å². The monoisotopic (exact) mass is 174 g/mol. The molecule has 1 aromatic rings. The summed E-state index contributed by atoms with van der Waals surface area (Å²) in [4.78, 5) is 10.7. The molecule has 0 atom stereocenters. The molecule has 13 heavy (non-hydrogen) atoms. The van der Waals surface area contributed by atoms with E-state index in [1.165, 1.54) is 24.8 Å². The molecule has 1 fully saturated rings. The van der Waals surface area contributed by atoms with E-state index in [0.29, 0.717) is 0 Å². The quantitative estimate of drug-likeness (QED) is 0.644. The summed E-state index contributed by atoms with van der Waals surface area (Å²) in [5.41, 5.74) is 2.09. The maximum atomic E-state index is 10.7. The van der Waals surface area contributed by atoms with Gasteiger partial charge in [0.1, 0.15) is 6.29 Å². The van der Waals surface area contributed by atoms with Gasteiger partial charge in [-0.15, -0.1) is 0 Å². The zero-order chi connectivity index (χ0) is 9.10. The van der Waals surface area contributed by atoms with Gasteiger partial charge in [0.15, 0.2) is 0 Å². The SMILES string of the molecule is O=Cc1ccccc1CC1CCC1. The molecule has 1 nitrogen and oxygen atoms in total. The van der Waals surface area contributed by atoms with Gasteiger partial charge in [-0.1, -0.05) is 43.5 Å². The van der Waals surface area contributed by atoms with Crippen LogP contribution in [0.2, 0.25) is 0 Å². The first-order chi connectivity index (χ1) is 6.40. The van der Waals surface area contributed by atoms with Crippen LogP contribution < -0.4 is 0 Å². The fraction of sp³-hybridized carbons (Fsp3) is 0.417. The van der Waals surface area contributed by atoms with Gasteiger partial charge in [-0.2, -0.15) is 0 Å². The minimum atomic E-state index is 0.834. The molecule has 0 bridgehead atoms. The molecule has 0 unspecified atom stereocenters. The Morgan fingerprint density at radius 3 is 2.69 bits per heavy atom. The zero-order valence-corrected chi connectivity index (χ0v) is 7.70. The van der Waals surface area contributed by atoms with Crippen molar-refractivity contribution in [1.82, 2.24) is 0 Å². The van der Waals surface area contributed by atoms with Crippen molar-refractivity contribution >= 4 is 6.29 Å². The average Bonchev–Trinajstić information content (AvgIpc) is 2.12. The van der Waals surface area contributed by atoms with Crippen LogP contribution in [0, 0.1) is 5.92 Å². The Kier molecular flexibility index (Phi) is 2.44. The maximum Gasteiger partial charge on any atom is 0.150 e. The Balaban J connectivity index is 2.12. The third kappa shape index (κ3) is 1.80. The molecule has 0 amide bonds. The van der Waals surface area contributed by atoms with E-state index in [4.69, 9.17) is 0 Å². The molecule has 0 radical (unpaired) electrons. The first kappa shape index (κ1) is 8.49. The van der Waals surface area contributed by atoms with Crippen molar-refractivity contribution in [3.63, 3.8) is 0 Å². The van der Waals surface area contributed by atoms with Crippen LogP contribution in [0.5, 0.6) is 0 Å². The Morgan fingerprint density at radius 1 is 1.31 bits per heavy atom. The number of carbonyl (C=O) groups excluding carboxylic acids is 1.